The number of nitrogens with zero attached hydrogens (tertiary/aromatic N) is 1. The van der Waals surface area contributed by atoms with Crippen molar-refractivity contribution in [2.24, 2.45) is 5.14 Å². The van der Waals surface area contributed by atoms with Gasteiger partial charge in [-0.15, -0.1) is 0 Å². The minimum absolute atomic E-state index is 0.0451. The molecular formula is C12H16N2O3S. The summed E-state index contributed by atoms with van der Waals surface area (Å²) in [5.41, 5.74) is 1.04. The molecule has 0 aromatic heterocycles. The van der Waals surface area contributed by atoms with E-state index in [0.29, 0.717) is 5.92 Å². The Morgan fingerprint density at radius 3 is 2.33 bits per heavy atom. The number of amides is 1. The lowest BCUT2D eigenvalue weighted by Gasteiger charge is -2.14. The summed E-state index contributed by atoms with van der Waals surface area (Å²) in [5, 5.41) is 5.03. The van der Waals surface area contributed by atoms with Gasteiger partial charge in [-0.05, 0) is 24.1 Å². The van der Waals surface area contributed by atoms with E-state index in [1.165, 1.54) is 12.1 Å². The molecule has 0 radical (unpaired) electrons. The molecule has 2 rings (SSSR count). The first kappa shape index (κ1) is 13.0. The fourth-order valence-corrected chi connectivity index (χ4v) is 2.62. The van der Waals surface area contributed by atoms with Gasteiger partial charge in [-0.25, -0.2) is 13.6 Å². The first-order chi connectivity index (χ1) is 8.30. The average molecular weight is 268 g/mol. The molecule has 0 saturated heterocycles. The Kier molecular flexibility index (Phi) is 3.16. The van der Waals surface area contributed by atoms with Crippen LogP contribution < -0.4 is 5.14 Å². The van der Waals surface area contributed by atoms with Crippen molar-refractivity contribution < 1.29 is 13.2 Å². The Morgan fingerprint density at radius 2 is 1.89 bits per heavy atom. The van der Waals surface area contributed by atoms with Gasteiger partial charge in [0.25, 0.3) is 0 Å². The zero-order chi connectivity index (χ0) is 13.5. The summed E-state index contributed by atoms with van der Waals surface area (Å²) >= 11 is 0. The van der Waals surface area contributed by atoms with Crippen molar-refractivity contribution >= 4 is 15.9 Å². The highest BCUT2D eigenvalue weighted by Gasteiger charge is 2.42. The second-order valence-electron chi connectivity index (χ2n) is 4.65. The van der Waals surface area contributed by atoms with Crippen LogP contribution in [-0.2, 0) is 14.8 Å². The second kappa shape index (κ2) is 4.37. The smallest absolute Gasteiger partial charge is 0.238 e. The van der Waals surface area contributed by atoms with Gasteiger partial charge >= 0.3 is 0 Å². The van der Waals surface area contributed by atoms with Crippen molar-refractivity contribution in [3.05, 3.63) is 29.8 Å². The SMILES string of the molecule is CC(=O)N(C)C1CC1c1ccc(S(N)(=O)=O)cc1. The molecule has 1 aromatic carbocycles. The first-order valence-corrected chi connectivity index (χ1v) is 7.21. The van der Waals surface area contributed by atoms with Crippen molar-refractivity contribution in [3.8, 4) is 0 Å². The minimum Gasteiger partial charge on any atom is -0.342 e. The maximum absolute atomic E-state index is 11.2. The Hall–Kier alpha value is -1.40. The second-order valence-corrected chi connectivity index (χ2v) is 6.21. The van der Waals surface area contributed by atoms with Crippen LogP contribution in [0, 0.1) is 0 Å². The highest BCUT2D eigenvalue weighted by atomic mass is 32.2. The highest BCUT2D eigenvalue weighted by Crippen LogP contribution is 2.44. The third kappa shape index (κ3) is 2.54. The maximum atomic E-state index is 11.2. The Bertz CT molecular complexity index is 565. The van der Waals surface area contributed by atoms with Gasteiger partial charge in [0.15, 0.2) is 0 Å². The predicted octanol–water partition coefficient (Wildman–Crippen LogP) is 0.668. The zero-order valence-electron chi connectivity index (χ0n) is 10.3. The van der Waals surface area contributed by atoms with Crippen LogP contribution in [0.1, 0.15) is 24.8 Å². The van der Waals surface area contributed by atoms with Crippen LogP contribution in [0.4, 0.5) is 0 Å². The topological polar surface area (TPSA) is 80.5 Å². The van der Waals surface area contributed by atoms with Crippen LogP contribution in [0.2, 0.25) is 0 Å². The molecule has 0 heterocycles. The molecule has 2 N–H and O–H groups in total. The summed E-state index contributed by atoms with van der Waals surface area (Å²) in [7, 11) is -1.85. The molecule has 1 aliphatic rings. The Balaban J connectivity index is 2.12. The van der Waals surface area contributed by atoms with Crippen LogP contribution in [0.3, 0.4) is 0 Å². The van der Waals surface area contributed by atoms with Gasteiger partial charge in [0.05, 0.1) is 4.90 Å². The number of carbonyl (C=O) groups excluding carboxylic acids is 1. The number of benzene rings is 1. The highest BCUT2D eigenvalue weighted by molar-refractivity contribution is 7.89. The lowest BCUT2D eigenvalue weighted by molar-refractivity contribution is -0.128. The van der Waals surface area contributed by atoms with E-state index in [1.807, 2.05) is 0 Å². The van der Waals surface area contributed by atoms with Crippen molar-refractivity contribution in [1.29, 1.82) is 0 Å². The summed E-state index contributed by atoms with van der Waals surface area (Å²) in [6.45, 7) is 1.54. The summed E-state index contributed by atoms with van der Waals surface area (Å²) in [5.74, 6) is 0.345. The van der Waals surface area contributed by atoms with Gasteiger partial charge in [-0.1, -0.05) is 12.1 Å². The van der Waals surface area contributed by atoms with Gasteiger partial charge in [0.2, 0.25) is 15.9 Å². The molecule has 98 valence electrons. The van der Waals surface area contributed by atoms with Crippen LogP contribution in [0.25, 0.3) is 0 Å². The van der Waals surface area contributed by atoms with Crippen LogP contribution in [-0.4, -0.2) is 32.3 Å². The van der Waals surface area contributed by atoms with E-state index in [0.717, 1.165) is 12.0 Å². The van der Waals surface area contributed by atoms with Gasteiger partial charge in [-0.3, -0.25) is 4.79 Å². The number of carbonyl (C=O) groups is 1. The summed E-state index contributed by atoms with van der Waals surface area (Å²) in [6.07, 6.45) is 0.921. The Morgan fingerprint density at radius 1 is 1.33 bits per heavy atom. The van der Waals surface area contributed by atoms with E-state index < -0.39 is 10.0 Å². The van der Waals surface area contributed by atoms with Crippen molar-refractivity contribution in [3.63, 3.8) is 0 Å². The third-order valence-corrected chi connectivity index (χ3v) is 4.32. The van der Waals surface area contributed by atoms with Crippen molar-refractivity contribution in [2.45, 2.75) is 30.2 Å². The van der Waals surface area contributed by atoms with E-state index in [2.05, 4.69) is 0 Å². The van der Waals surface area contributed by atoms with Crippen LogP contribution >= 0.6 is 0 Å². The number of hydrogen-bond donors (Lipinski definition) is 1. The molecule has 1 amide bonds. The number of likely N-dealkylation sites (N-methyl/N-ethyl adjacent to an activating group) is 1. The number of primary sulfonamides is 1. The molecular weight excluding hydrogens is 252 g/mol. The van der Waals surface area contributed by atoms with E-state index in [1.54, 1.807) is 31.0 Å². The summed E-state index contributed by atoms with van der Waals surface area (Å²) in [4.78, 5) is 13.1. The first-order valence-electron chi connectivity index (χ1n) is 5.67. The molecule has 18 heavy (non-hydrogen) atoms. The van der Waals surface area contributed by atoms with Gasteiger partial charge in [0, 0.05) is 25.9 Å². The van der Waals surface area contributed by atoms with Gasteiger partial charge in [0.1, 0.15) is 0 Å². The fourth-order valence-electron chi connectivity index (χ4n) is 2.11. The molecule has 5 nitrogen and oxygen atoms in total. The molecule has 0 spiro atoms. The number of hydrogen-bond acceptors (Lipinski definition) is 3. The van der Waals surface area contributed by atoms with Gasteiger partial charge in [-0.2, -0.15) is 0 Å². The lowest BCUT2D eigenvalue weighted by atomic mass is 10.1. The maximum Gasteiger partial charge on any atom is 0.238 e. The molecule has 2 unspecified atom stereocenters. The largest absolute Gasteiger partial charge is 0.342 e. The molecule has 0 bridgehead atoms. The number of sulfonamides is 1. The van der Waals surface area contributed by atoms with E-state index in [4.69, 9.17) is 5.14 Å². The summed E-state index contributed by atoms with van der Waals surface area (Å²) in [6, 6.07) is 6.76. The molecule has 1 fully saturated rings. The van der Waals surface area contributed by atoms with E-state index >= 15 is 0 Å². The minimum atomic E-state index is -3.63. The standard InChI is InChI=1S/C12H16N2O3S/c1-8(15)14(2)12-7-11(12)9-3-5-10(6-4-9)18(13,16)17/h3-6,11-12H,7H2,1-2H3,(H2,13,16,17). The zero-order valence-corrected chi connectivity index (χ0v) is 11.1. The lowest BCUT2D eigenvalue weighted by Crippen LogP contribution is -2.27. The van der Waals surface area contributed by atoms with Crippen molar-refractivity contribution in [2.75, 3.05) is 7.05 Å². The molecule has 1 aromatic rings. The molecule has 2 atom stereocenters. The van der Waals surface area contributed by atoms with Crippen molar-refractivity contribution in [1.82, 2.24) is 4.90 Å². The quantitative estimate of drug-likeness (QED) is 0.874. The molecule has 1 aliphatic carbocycles. The molecule has 6 heteroatoms. The molecule has 1 saturated carbocycles. The van der Waals surface area contributed by atoms with Crippen LogP contribution in [0.5, 0.6) is 0 Å². The normalized spacial score (nSPS) is 22.6. The number of rotatable bonds is 3. The monoisotopic (exact) mass is 268 g/mol. The van der Waals surface area contributed by atoms with Crippen LogP contribution in [0.15, 0.2) is 29.2 Å². The average Bonchev–Trinajstić information content (AvgIpc) is 3.07. The van der Waals surface area contributed by atoms with E-state index in [-0.39, 0.29) is 16.8 Å². The summed E-state index contributed by atoms with van der Waals surface area (Å²) < 4.78 is 22.2. The van der Waals surface area contributed by atoms with Gasteiger partial charge < -0.3 is 4.90 Å². The number of nitrogens with two attached hydrogens (primary N) is 1. The Labute approximate surface area is 107 Å². The fraction of sp³-hybridized carbons (Fsp3) is 0.417. The molecule has 0 aliphatic heterocycles. The third-order valence-electron chi connectivity index (χ3n) is 3.39. The van der Waals surface area contributed by atoms with E-state index in [9.17, 15) is 13.2 Å². The predicted molar refractivity (Wildman–Crippen MR) is 67.4 cm³/mol.